The second kappa shape index (κ2) is 14.6. The Morgan fingerprint density at radius 1 is 0.837 bits per heavy atom. The molecule has 7 nitrogen and oxygen atoms in total. The maximum Gasteiger partial charge on any atom is 0.458 e. The standard InChI is InChI=1S/C23H29F3N4O.C4F6O2/c1-16(2)21(29-19-5-3-18(4-6-19)23(24,25)26)15-28-22(31)17-9-13-30(14-10-17)20-7-11-27-12-8-20;5-3(6,7)1(11)2(12)4(8,9)10/h3-8,11-12,16-17,21,29H,9-10,13-15H2,1-2H3,(H,28,31);/t21-;/m0./s1. The first kappa shape index (κ1) is 35.3. The van der Waals surface area contributed by atoms with Crippen molar-refractivity contribution in [1.82, 2.24) is 10.3 Å². The van der Waals surface area contributed by atoms with E-state index in [1.807, 2.05) is 26.0 Å². The molecule has 2 N–H and O–H groups in total. The minimum Gasteiger partial charge on any atom is -0.380 e. The number of rotatable bonds is 8. The molecule has 1 saturated heterocycles. The summed E-state index contributed by atoms with van der Waals surface area (Å²) in [6.07, 6.45) is -10.8. The van der Waals surface area contributed by atoms with Crippen LogP contribution in [-0.4, -0.2) is 60.5 Å². The third kappa shape index (κ3) is 11.1. The van der Waals surface area contributed by atoms with Gasteiger partial charge in [-0.05, 0) is 55.2 Å². The number of hydrogen-bond acceptors (Lipinski definition) is 6. The lowest BCUT2D eigenvalue weighted by molar-refractivity contribution is -0.193. The molecule has 0 aliphatic carbocycles. The Labute approximate surface area is 240 Å². The molecule has 1 amide bonds. The first-order valence-electron chi connectivity index (χ1n) is 12.9. The first-order valence-corrected chi connectivity index (χ1v) is 12.9. The Hall–Kier alpha value is -3.85. The number of carbonyl (C=O) groups is 3. The molecule has 0 unspecified atom stereocenters. The van der Waals surface area contributed by atoms with Crippen molar-refractivity contribution in [2.24, 2.45) is 11.8 Å². The number of benzene rings is 1. The van der Waals surface area contributed by atoms with E-state index in [1.165, 1.54) is 12.1 Å². The smallest absolute Gasteiger partial charge is 0.380 e. The van der Waals surface area contributed by atoms with Crippen LogP contribution in [0.15, 0.2) is 48.8 Å². The minimum absolute atomic E-state index is 0.0306. The van der Waals surface area contributed by atoms with E-state index >= 15 is 0 Å². The van der Waals surface area contributed by atoms with Crippen LogP contribution < -0.4 is 15.5 Å². The normalized spacial score (nSPS) is 15.3. The van der Waals surface area contributed by atoms with Crippen LogP contribution in [0, 0.1) is 11.8 Å². The molecule has 16 heteroatoms. The predicted octanol–water partition coefficient (Wildman–Crippen LogP) is 5.82. The number of anilines is 2. The lowest BCUT2D eigenvalue weighted by Gasteiger charge is -2.33. The Morgan fingerprint density at radius 2 is 1.33 bits per heavy atom. The second-order valence-corrected chi connectivity index (χ2v) is 9.94. The summed E-state index contributed by atoms with van der Waals surface area (Å²) in [5, 5.41) is 6.28. The average molecular weight is 629 g/mol. The lowest BCUT2D eigenvalue weighted by Crippen LogP contribution is -2.45. The summed E-state index contributed by atoms with van der Waals surface area (Å²) in [5.74, 6) is -6.62. The molecule has 238 valence electrons. The van der Waals surface area contributed by atoms with Gasteiger partial charge in [0.1, 0.15) is 0 Å². The number of aromatic nitrogens is 1. The van der Waals surface area contributed by atoms with Crippen molar-refractivity contribution < 1.29 is 53.9 Å². The van der Waals surface area contributed by atoms with E-state index in [0.717, 1.165) is 43.8 Å². The third-order valence-electron chi connectivity index (χ3n) is 6.48. The van der Waals surface area contributed by atoms with Crippen LogP contribution in [0.3, 0.4) is 0 Å². The Kier molecular flexibility index (Phi) is 12.0. The number of nitrogens with zero attached hydrogens (tertiary/aromatic N) is 2. The molecular formula is C27H29F9N4O3. The Bertz CT molecular complexity index is 1180. The van der Waals surface area contributed by atoms with Gasteiger partial charge in [0.25, 0.3) is 0 Å². The summed E-state index contributed by atoms with van der Waals surface area (Å²) >= 11 is 0. The van der Waals surface area contributed by atoms with Gasteiger partial charge in [-0.2, -0.15) is 39.5 Å². The fourth-order valence-electron chi connectivity index (χ4n) is 3.99. The summed E-state index contributed by atoms with van der Waals surface area (Å²) < 4.78 is 105. The van der Waals surface area contributed by atoms with Crippen molar-refractivity contribution in [3.8, 4) is 0 Å². The highest BCUT2D eigenvalue weighted by Crippen LogP contribution is 2.30. The van der Waals surface area contributed by atoms with E-state index in [4.69, 9.17) is 0 Å². The first-order chi connectivity index (χ1) is 19.8. The fraction of sp³-hybridized carbons (Fsp3) is 0.481. The molecule has 1 atom stereocenters. The number of hydrogen-bond donors (Lipinski definition) is 2. The molecule has 0 bridgehead atoms. The van der Waals surface area contributed by atoms with Crippen molar-refractivity contribution in [1.29, 1.82) is 0 Å². The van der Waals surface area contributed by atoms with E-state index in [0.29, 0.717) is 12.2 Å². The molecule has 3 rings (SSSR count). The molecule has 1 aromatic carbocycles. The van der Waals surface area contributed by atoms with Gasteiger partial charge in [0, 0.05) is 55.4 Å². The van der Waals surface area contributed by atoms with Gasteiger partial charge >= 0.3 is 30.1 Å². The van der Waals surface area contributed by atoms with E-state index in [9.17, 15) is 53.9 Å². The van der Waals surface area contributed by atoms with E-state index in [1.54, 1.807) is 12.4 Å². The van der Waals surface area contributed by atoms with Gasteiger partial charge in [-0.15, -0.1) is 0 Å². The summed E-state index contributed by atoms with van der Waals surface area (Å²) in [6, 6.07) is 8.84. The molecule has 2 heterocycles. The molecule has 0 spiro atoms. The minimum atomic E-state index is -5.77. The van der Waals surface area contributed by atoms with Crippen molar-refractivity contribution >= 4 is 28.8 Å². The summed E-state index contributed by atoms with van der Waals surface area (Å²) in [6.45, 7) is 6.09. The third-order valence-corrected chi connectivity index (χ3v) is 6.48. The van der Waals surface area contributed by atoms with Gasteiger partial charge in [-0.3, -0.25) is 19.4 Å². The van der Waals surface area contributed by atoms with Gasteiger partial charge in [-0.25, -0.2) is 0 Å². The van der Waals surface area contributed by atoms with Crippen LogP contribution in [0.1, 0.15) is 32.3 Å². The van der Waals surface area contributed by atoms with Crippen LogP contribution in [0.4, 0.5) is 50.9 Å². The molecule has 2 aromatic rings. The van der Waals surface area contributed by atoms with Gasteiger partial charge in [-0.1, -0.05) is 13.8 Å². The average Bonchev–Trinajstić information content (AvgIpc) is 2.93. The summed E-state index contributed by atoms with van der Waals surface area (Å²) in [4.78, 5) is 38.2. The molecule has 0 radical (unpaired) electrons. The number of piperidine rings is 1. The molecule has 1 aliphatic rings. The zero-order valence-corrected chi connectivity index (χ0v) is 22.9. The van der Waals surface area contributed by atoms with Crippen molar-refractivity contribution in [2.45, 2.75) is 51.3 Å². The number of nitrogens with one attached hydrogen (secondary N) is 2. The second-order valence-electron chi connectivity index (χ2n) is 9.94. The number of halogens is 9. The maximum atomic E-state index is 12.7. The molecular weight excluding hydrogens is 599 g/mol. The lowest BCUT2D eigenvalue weighted by atomic mass is 9.95. The SMILES string of the molecule is CC(C)[C@H](CNC(=O)C1CCN(c2ccncc2)CC1)Nc1ccc(C(F)(F)F)cc1.O=C(C(=O)C(F)(F)F)C(F)(F)F. The number of carbonyl (C=O) groups excluding carboxylic acids is 3. The van der Waals surface area contributed by atoms with Crippen molar-refractivity contribution in [2.75, 3.05) is 29.9 Å². The predicted molar refractivity (Wildman–Crippen MR) is 138 cm³/mol. The van der Waals surface area contributed by atoms with Gasteiger partial charge in [0.05, 0.1) is 5.56 Å². The number of amides is 1. The maximum absolute atomic E-state index is 12.7. The molecule has 1 aliphatic heterocycles. The Balaban J connectivity index is 0.000000455. The number of ketones is 2. The molecule has 0 saturated carbocycles. The van der Waals surface area contributed by atoms with Crippen molar-refractivity contribution in [3.63, 3.8) is 0 Å². The number of Topliss-reactive ketones (excluding diaryl/α,β-unsaturated/α-hetero) is 2. The molecule has 1 fully saturated rings. The monoisotopic (exact) mass is 628 g/mol. The van der Waals surface area contributed by atoms with Crippen molar-refractivity contribution in [3.05, 3.63) is 54.4 Å². The highest BCUT2D eigenvalue weighted by Gasteiger charge is 2.54. The zero-order chi connectivity index (χ0) is 32.6. The zero-order valence-electron chi connectivity index (χ0n) is 22.9. The highest BCUT2D eigenvalue weighted by molar-refractivity contribution is 6.41. The van der Waals surface area contributed by atoms with Crippen LogP contribution in [-0.2, 0) is 20.6 Å². The quantitative estimate of drug-likeness (QED) is 0.283. The van der Waals surface area contributed by atoms with Gasteiger partial charge in [0.2, 0.25) is 5.91 Å². The number of alkyl halides is 9. The van der Waals surface area contributed by atoms with Gasteiger partial charge < -0.3 is 15.5 Å². The summed E-state index contributed by atoms with van der Waals surface area (Å²) in [5.41, 5.74) is 1.05. The topological polar surface area (TPSA) is 91.4 Å². The van der Waals surface area contributed by atoms with E-state index < -0.39 is 35.7 Å². The largest absolute Gasteiger partial charge is 0.458 e. The van der Waals surface area contributed by atoms with Gasteiger partial charge in [0.15, 0.2) is 0 Å². The number of pyridine rings is 1. The van der Waals surface area contributed by atoms with Crippen LogP contribution in [0.5, 0.6) is 0 Å². The van der Waals surface area contributed by atoms with E-state index in [-0.39, 0.29) is 23.8 Å². The molecule has 43 heavy (non-hydrogen) atoms. The fourth-order valence-corrected chi connectivity index (χ4v) is 3.99. The molecule has 1 aromatic heterocycles. The van der Waals surface area contributed by atoms with E-state index in [2.05, 4.69) is 20.5 Å². The summed E-state index contributed by atoms with van der Waals surface area (Å²) in [7, 11) is 0. The van der Waals surface area contributed by atoms with Crippen LogP contribution in [0.2, 0.25) is 0 Å². The Morgan fingerprint density at radius 3 is 1.74 bits per heavy atom. The highest BCUT2D eigenvalue weighted by atomic mass is 19.4. The van der Waals surface area contributed by atoms with Crippen LogP contribution in [0.25, 0.3) is 0 Å². The van der Waals surface area contributed by atoms with Crippen LogP contribution >= 0.6 is 0 Å².